The second kappa shape index (κ2) is 6.77. The molecule has 5 heteroatoms. The summed E-state index contributed by atoms with van der Waals surface area (Å²) in [4.78, 5) is 26.5. The Morgan fingerprint density at radius 2 is 1.27 bits per heavy atom. The molecule has 0 heterocycles. The summed E-state index contributed by atoms with van der Waals surface area (Å²) in [6.07, 6.45) is -1.31. The number of carbonyl (C=O) groups excluding carboxylic acids is 2. The molecule has 4 aliphatic rings. The van der Waals surface area contributed by atoms with E-state index in [1.165, 1.54) is 24.3 Å². The molecule has 0 spiro atoms. The zero-order valence-corrected chi connectivity index (χ0v) is 17.5. The predicted octanol–water partition coefficient (Wildman–Crippen LogP) is 5.63. The lowest BCUT2D eigenvalue weighted by atomic mass is 9.43. The summed E-state index contributed by atoms with van der Waals surface area (Å²) in [5.41, 5.74) is 3.20. The first-order valence-corrected chi connectivity index (χ1v) is 10.9. The highest BCUT2D eigenvalue weighted by Crippen LogP contribution is 2.63. The molecule has 0 N–H and O–H groups in total. The molecule has 2 unspecified atom stereocenters. The fraction of sp³-hybridized carbons (Fsp3) is 0.214. The van der Waals surface area contributed by atoms with Crippen LogP contribution in [0.2, 0.25) is 0 Å². The third-order valence-electron chi connectivity index (χ3n) is 7.61. The van der Waals surface area contributed by atoms with Crippen LogP contribution < -0.4 is 0 Å². The molecule has 0 amide bonds. The van der Waals surface area contributed by atoms with Crippen molar-refractivity contribution in [1.82, 2.24) is 0 Å². The number of hydrogen-bond acceptors (Lipinski definition) is 2. The van der Waals surface area contributed by atoms with Gasteiger partial charge in [0.25, 0.3) is 0 Å². The highest BCUT2D eigenvalue weighted by atomic mass is 19.4. The summed E-state index contributed by atoms with van der Waals surface area (Å²) < 4.78 is 39.4. The van der Waals surface area contributed by atoms with Crippen LogP contribution >= 0.6 is 0 Å². The highest BCUT2D eigenvalue weighted by molar-refractivity contribution is 6.10. The van der Waals surface area contributed by atoms with Crippen LogP contribution in [0.4, 0.5) is 13.2 Å². The molecule has 4 aliphatic carbocycles. The Bertz CT molecular complexity index is 1290. The number of halogens is 3. The number of allylic oxidation sites excluding steroid dienone is 2. The van der Waals surface area contributed by atoms with Crippen molar-refractivity contribution in [2.45, 2.75) is 23.9 Å². The summed E-state index contributed by atoms with van der Waals surface area (Å²) in [6, 6.07) is 20.9. The lowest BCUT2D eigenvalue weighted by Gasteiger charge is -2.57. The molecule has 33 heavy (non-hydrogen) atoms. The van der Waals surface area contributed by atoms with Crippen molar-refractivity contribution in [2.75, 3.05) is 0 Å². The summed E-state index contributed by atoms with van der Waals surface area (Å²) in [5, 5.41) is 0. The maximum absolute atomic E-state index is 13.4. The van der Waals surface area contributed by atoms with Crippen LogP contribution in [0.15, 0.2) is 84.9 Å². The first kappa shape index (κ1) is 20.2. The van der Waals surface area contributed by atoms with Crippen molar-refractivity contribution in [3.8, 4) is 0 Å². The number of carbonyl (C=O) groups is 2. The van der Waals surface area contributed by atoms with Crippen molar-refractivity contribution in [3.63, 3.8) is 0 Å². The molecule has 3 aromatic rings. The average Bonchev–Trinajstić information content (AvgIpc) is 2.81. The van der Waals surface area contributed by atoms with Crippen molar-refractivity contribution >= 4 is 11.6 Å². The van der Waals surface area contributed by atoms with Gasteiger partial charge < -0.3 is 0 Å². The standard InChI is InChI=1S/C28H19F3O2/c29-28(30,31)17-11-9-16(10-12-17)15-27-20-7-3-1-5-18(20)24(19-6-2-4-8-21(19)27)25-22(32)13-14-23(33)26(25)27/h1-14,24-26H,15H2. The fourth-order valence-corrected chi connectivity index (χ4v) is 6.44. The van der Waals surface area contributed by atoms with Gasteiger partial charge >= 0.3 is 6.18 Å². The zero-order valence-electron chi connectivity index (χ0n) is 17.5. The first-order chi connectivity index (χ1) is 15.8. The number of ketones is 2. The fourth-order valence-electron chi connectivity index (χ4n) is 6.44. The van der Waals surface area contributed by atoms with E-state index >= 15 is 0 Å². The van der Waals surface area contributed by atoms with Crippen molar-refractivity contribution in [3.05, 3.63) is 118 Å². The first-order valence-electron chi connectivity index (χ1n) is 10.9. The molecule has 2 nitrogen and oxygen atoms in total. The van der Waals surface area contributed by atoms with Gasteiger partial charge in [-0.25, -0.2) is 0 Å². The van der Waals surface area contributed by atoms with Gasteiger partial charge in [-0.2, -0.15) is 13.2 Å². The summed E-state index contributed by atoms with van der Waals surface area (Å²) >= 11 is 0. The molecule has 0 aromatic heterocycles. The highest BCUT2D eigenvalue weighted by Gasteiger charge is 2.62. The minimum Gasteiger partial charge on any atom is -0.294 e. The topological polar surface area (TPSA) is 34.1 Å². The second-order valence-corrected chi connectivity index (χ2v) is 9.14. The Kier molecular flexibility index (Phi) is 4.13. The Balaban J connectivity index is 1.62. The molecule has 2 bridgehead atoms. The number of alkyl halides is 3. The minimum absolute atomic E-state index is 0.0644. The summed E-state index contributed by atoms with van der Waals surface area (Å²) in [5.74, 6) is -1.47. The molecule has 0 fully saturated rings. The Morgan fingerprint density at radius 3 is 1.85 bits per heavy atom. The average molecular weight is 444 g/mol. The molecule has 7 rings (SSSR count). The van der Waals surface area contributed by atoms with E-state index < -0.39 is 29.0 Å². The van der Waals surface area contributed by atoms with Gasteiger partial charge in [-0.15, -0.1) is 0 Å². The van der Waals surface area contributed by atoms with Crippen LogP contribution in [0.25, 0.3) is 0 Å². The van der Waals surface area contributed by atoms with E-state index in [9.17, 15) is 22.8 Å². The number of benzene rings is 3. The molecule has 2 atom stereocenters. The van der Waals surface area contributed by atoms with Gasteiger partial charge in [0.05, 0.1) is 5.56 Å². The van der Waals surface area contributed by atoms with Gasteiger partial charge in [0.15, 0.2) is 11.6 Å². The van der Waals surface area contributed by atoms with E-state index in [1.807, 2.05) is 48.5 Å². The molecule has 0 radical (unpaired) electrons. The van der Waals surface area contributed by atoms with Crippen LogP contribution in [0, 0.1) is 11.8 Å². The lowest BCUT2D eigenvalue weighted by molar-refractivity contribution is -0.137. The third-order valence-corrected chi connectivity index (χ3v) is 7.61. The van der Waals surface area contributed by atoms with Gasteiger partial charge in [0.1, 0.15) is 0 Å². The normalized spacial score (nSPS) is 27.2. The number of hydrogen-bond donors (Lipinski definition) is 0. The Hall–Kier alpha value is -3.47. The second-order valence-electron chi connectivity index (χ2n) is 9.14. The van der Waals surface area contributed by atoms with Gasteiger partial charge in [-0.3, -0.25) is 9.59 Å². The van der Waals surface area contributed by atoms with Crippen molar-refractivity contribution < 1.29 is 22.8 Å². The zero-order chi connectivity index (χ0) is 23.0. The van der Waals surface area contributed by atoms with Crippen LogP contribution in [0.3, 0.4) is 0 Å². The van der Waals surface area contributed by atoms with Crippen molar-refractivity contribution in [2.24, 2.45) is 11.8 Å². The molecule has 0 saturated carbocycles. The van der Waals surface area contributed by atoms with Gasteiger partial charge in [-0.1, -0.05) is 60.7 Å². The quantitative estimate of drug-likeness (QED) is 0.513. The summed E-state index contributed by atoms with van der Waals surface area (Å²) in [6.45, 7) is 0. The Morgan fingerprint density at radius 1 is 0.727 bits per heavy atom. The molecule has 0 saturated heterocycles. The van der Waals surface area contributed by atoms with Gasteiger partial charge in [0.2, 0.25) is 0 Å². The Labute approximate surface area is 188 Å². The molecule has 3 aromatic carbocycles. The lowest BCUT2D eigenvalue weighted by Crippen LogP contribution is -2.58. The van der Waals surface area contributed by atoms with E-state index in [1.54, 1.807) is 0 Å². The maximum Gasteiger partial charge on any atom is 0.416 e. The largest absolute Gasteiger partial charge is 0.416 e. The van der Waals surface area contributed by atoms with Crippen LogP contribution in [0.1, 0.15) is 39.3 Å². The van der Waals surface area contributed by atoms with E-state index in [2.05, 4.69) is 0 Å². The van der Waals surface area contributed by atoms with E-state index in [4.69, 9.17) is 0 Å². The number of rotatable bonds is 2. The third kappa shape index (κ3) is 2.68. The molecule has 164 valence electrons. The van der Waals surface area contributed by atoms with E-state index in [0.29, 0.717) is 12.0 Å². The van der Waals surface area contributed by atoms with Gasteiger partial charge in [-0.05, 0) is 58.5 Å². The monoisotopic (exact) mass is 444 g/mol. The minimum atomic E-state index is -4.42. The van der Waals surface area contributed by atoms with Crippen LogP contribution in [-0.4, -0.2) is 11.6 Å². The summed E-state index contributed by atoms with van der Waals surface area (Å²) in [7, 11) is 0. The van der Waals surface area contributed by atoms with E-state index in [-0.39, 0.29) is 17.5 Å². The van der Waals surface area contributed by atoms with E-state index in [0.717, 1.165) is 34.4 Å². The maximum atomic E-state index is 13.4. The van der Waals surface area contributed by atoms with Crippen molar-refractivity contribution in [1.29, 1.82) is 0 Å². The molecular formula is C28H19F3O2. The molecule has 0 aliphatic heterocycles. The predicted molar refractivity (Wildman–Crippen MR) is 117 cm³/mol. The molecular weight excluding hydrogens is 425 g/mol. The van der Waals surface area contributed by atoms with Crippen LogP contribution in [0.5, 0.6) is 0 Å². The smallest absolute Gasteiger partial charge is 0.294 e. The van der Waals surface area contributed by atoms with Crippen LogP contribution in [-0.2, 0) is 27.6 Å². The SMILES string of the molecule is O=C1C=CC(=O)C2C1C1c3ccccc3C2(Cc2ccc(C(F)(F)F)cc2)c2ccccc21. The van der Waals surface area contributed by atoms with Gasteiger partial charge in [0, 0.05) is 23.2 Å².